The van der Waals surface area contributed by atoms with Crippen molar-refractivity contribution in [3.05, 3.63) is 81.9 Å². The molecule has 0 aliphatic rings. The minimum Gasteiger partial charge on any atom is -0.504 e. The van der Waals surface area contributed by atoms with E-state index >= 15 is 0 Å². The maximum absolute atomic E-state index is 13.1. The molecule has 0 heterocycles. The number of aromatic carboxylic acids is 1. The molecule has 0 atom stereocenters. The number of nitro benzene ring substituents is 1. The zero-order valence-corrected chi connectivity index (χ0v) is 18.3. The number of para-hydroxylation sites is 1. The molecule has 0 saturated heterocycles. The molecule has 0 bridgehead atoms. The summed E-state index contributed by atoms with van der Waals surface area (Å²) in [5, 5.41) is 34.3. The van der Waals surface area contributed by atoms with Gasteiger partial charge in [-0.3, -0.25) is 20.3 Å². The van der Waals surface area contributed by atoms with E-state index in [0.717, 1.165) is 18.2 Å². The lowest BCUT2D eigenvalue weighted by atomic mass is 10.2. The average molecular weight is 486 g/mol. The van der Waals surface area contributed by atoms with Gasteiger partial charge in [-0.05, 0) is 42.0 Å². The molecule has 0 spiro atoms. The molecule has 13 heteroatoms. The van der Waals surface area contributed by atoms with E-state index in [4.69, 9.17) is 4.74 Å². The molecule has 0 amide bonds. The van der Waals surface area contributed by atoms with Crippen LogP contribution in [0.3, 0.4) is 0 Å². The monoisotopic (exact) mass is 486 g/mol. The number of anilines is 2. The van der Waals surface area contributed by atoms with Crippen molar-refractivity contribution >= 4 is 39.3 Å². The summed E-state index contributed by atoms with van der Waals surface area (Å²) in [5.41, 5.74) is 1.82. The standard InChI is InChI=1S/C21H18N4O8S/c1-33-19-9-6-13(10-18(19)26)12-22-23-17-8-7-14(25(29)30)11-20(17)34(31,32)24-16-5-3-2-4-15(16)21(27)28/h2-12,23-24,26H,1H3,(H,27,28). The first kappa shape index (κ1) is 24.0. The molecule has 4 N–H and O–H groups in total. The van der Waals surface area contributed by atoms with Gasteiger partial charge in [-0.2, -0.15) is 5.10 Å². The predicted octanol–water partition coefficient (Wildman–Crippen LogP) is 3.25. The van der Waals surface area contributed by atoms with Gasteiger partial charge in [0.15, 0.2) is 11.5 Å². The number of aromatic hydroxyl groups is 1. The largest absolute Gasteiger partial charge is 0.504 e. The molecule has 0 radical (unpaired) electrons. The Kier molecular flexibility index (Phi) is 6.97. The number of phenolic OH excluding ortho intramolecular Hbond substituents is 1. The number of nitrogens with one attached hydrogen (secondary N) is 2. The Hall–Kier alpha value is -4.65. The van der Waals surface area contributed by atoms with Crippen molar-refractivity contribution < 1.29 is 33.1 Å². The third kappa shape index (κ3) is 5.39. The molecular formula is C21H18N4O8S. The van der Waals surface area contributed by atoms with E-state index in [1.807, 2.05) is 0 Å². The number of nitrogens with zero attached hydrogens (tertiary/aromatic N) is 2. The van der Waals surface area contributed by atoms with Crippen LogP contribution in [0.4, 0.5) is 17.1 Å². The summed E-state index contributed by atoms with van der Waals surface area (Å²) in [7, 11) is -3.08. The normalized spacial score (nSPS) is 11.2. The van der Waals surface area contributed by atoms with E-state index in [1.165, 1.54) is 49.7 Å². The van der Waals surface area contributed by atoms with Gasteiger partial charge in [0, 0.05) is 12.1 Å². The summed E-state index contributed by atoms with van der Waals surface area (Å²) < 4.78 is 33.2. The van der Waals surface area contributed by atoms with Gasteiger partial charge >= 0.3 is 5.97 Å². The molecule has 176 valence electrons. The van der Waals surface area contributed by atoms with E-state index in [0.29, 0.717) is 5.56 Å². The Morgan fingerprint density at radius 1 is 1.12 bits per heavy atom. The van der Waals surface area contributed by atoms with E-state index in [1.54, 1.807) is 6.07 Å². The minimum absolute atomic E-state index is 0.111. The molecule has 0 aromatic heterocycles. The van der Waals surface area contributed by atoms with E-state index < -0.39 is 31.5 Å². The highest BCUT2D eigenvalue weighted by molar-refractivity contribution is 7.93. The number of phenols is 1. The van der Waals surface area contributed by atoms with E-state index in [-0.39, 0.29) is 28.4 Å². The predicted molar refractivity (Wildman–Crippen MR) is 123 cm³/mol. The van der Waals surface area contributed by atoms with Crippen LogP contribution in [-0.4, -0.2) is 42.8 Å². The molecular weight excluding hydrogens is 468 g/mol. The average Bonchev–Trinajstić information content (AvgIpc) is 2.79. The molecule has 3 rings (SSSR count). The summed E-state index contributed by atoms with van der Waals surface area (Å²) >= 11 is 0. The number of nitro groups is 1. The van der Waals surface area contributed by atoms with Crippen molar-refractivity contribution in [3.63, 3.8) is 0 Å². The minimum atomic E-state index is -4.48. The summed E-state index contributed by atoms with van der Waals surface area (Å²) in [6.07, 6.45) is 1.28. The SMILES string of the molecule is COc1ccc(C=NNc2ccc([N+](=O)[O-])cc2S(=O)(=O)Nc2ccccc2C(=O)O)cc1O. The van der Waals surface area contributed by atoms with Crippen LogP contribution in [0.2, 0.25) is 0 Å². The van der Waals surface area contributed by atoms with Gasteiger partial charge in [-0.1, -0.05) is 12.1 Å². The Morgan fingerprint density at radius 3 is 2.50 bits per heavy atom. The first-order chi connectivity index (χ1) is 16.1. The number of methoxy groups -OCH3 is 1. The number of carboxylic acids is 1. The maximum atomic E-state index is 13.1. The van der Waals surface area contributed by atoms with Crippen LogP contribution in [0.25, 0.3) is 0 Å². The number of benzene rings is 3. The summed E-state index contributed by atoms with van der Waals surface area (Å²) in [5.74, 6) is -1.24. The lowest BCUT2D eigenvalue weighted by Crippen LogP contribution is -2.17. The van der Waals surface area contributed by atoms with Crippen molar-refractivity contribution in [2.75, 3.05) is 17.3 Å². The second kappa shape index (κ2) is 9.87. The van der Waals surface area contributed by atoms with Crippen LogP contribution in [0.15, 0.2) is 70.7 Å². The second-order valence-corrected chi connectivity index (χ2v) is 8.35. The zero-order valence-electron chi connectivity index (χ0n) is 17.5. The summed E-state index contributed by atoms with van der Waals surface area (Å²) in [6, 6.07) is 12.8. The molecule has 0 aliphatic heterocycles. The van der Waals surface area contributed by atoms with Crippen molar-refractivity contribution in [1.82, 2.24) is 0 Å². The second-order valence-electron chi connectivity index (χ2n) is 6.70. The quantitative estimate of drug-likeness (QED) is 0.200. The van der Waals surface area contributed by atoms with Gasteiger partial charge in [0.1, 0.15) is 4.90 Å². The molecule has 0 aliphatic carbocycles. The van der Waals surface area contributed by atoms with Crippen LogP contribution < -0.4 is 14.9 Å². The fourth-order valence-corrected chi connectivity index (χ4v) is 4.12. The molecule has 0 saturated carbocycles. The zero-order chi connectivity index (χ0) is 24.9. The first-order valence-electron chi connectivity index (χ1n) is 9.42. The number of hydrogen-bond acceptors (Lipinski definition) is 9. The van der Waals surface area contributed by atoms with Gasteiger partial charge < -0.3 is 14.9 Å². The Bertz CT molecular complexity index is 1390. The van der Waals surface area contributed by atoms with Crippen molar-refractivity contribution in [2.45, 2.75) is 4.90 Å². The Balaban J connectivity index is 1.96. The molecule has 34 heavy (non-hydrogen) atoms. The van der Waals surface area contributed by atoms with Crippen LogP contribution in [0, 0.1) is 10.1 Å². The van der Waals surface area contributed by atoms with Crippen LogP contribution >= 0.6 is 0 Å². The fraction of sp³-hybridized carbons (Fsp3) is 0.0476. The number of hydrazone groups is 1. The van der Waals surface area contributed by atoms with Gasteiger partial charge in [0.2, 0.25) is 0 Å². The molecule has 0 fully saturated rings. The lowest BCUT2D eigenvalue weighted by Gasteiger charge is -2.13. The highest BCUT2D eigenvalue weighted by Gasteiger charge is 2.24. The third-order valence-corrected chi connectivity index (χ3v) is 5.87. The van der Waals surface area contributed by atoms with Crippen molar-refractivity contribution in [3.8, 4) is 11.5 Å². The number of carboxylic acid groups (broad SMARTS) is 1. The third-order valence-electron chi connectivity index (χ3n) is 4.47. The number of rotatable bonds is 9. The number of carbonyl (C=O) groups is 1. The van der Waals surface area contributed by atoms with E-state index in [2.05, 4.69) is 15.2 Å². The topological polar surface area (TPSA) is 180 Å². The number of sulfonamides is 1. The van der Waals surface area contributed by atoms with Gasteiger partial charge in [0.25, 0.3) is 15.7 Å². The first-order valence-corrected chi connectivity index (χ1v) is 10.9. The maximum Gasteiger partial charge on any atom is 0.337 e. The number of hydrogen-bond donors (Lipinski definition) is 4. The molecule has 0 unspecified atom stereocenters. The Labute approximate surface area is 193 Å². The van der Waals surface area contributed by atoms with Gasteiger partial charge in [0.05, 0.1) is 35.2 Å². The van der Waals surface area contributed by atoms with Crippen LogP contribution in [0.1, 0.15) is 15.9 Å². The van der Waals surface area contributed by atoms with E-state index in [9.17, 15) is 33.5 Å². The fourth-order valence-electron chi connectivity index (χ4n) is 2.86. The van der Waals surface area contributed by atoms with Crippen molar-refractivity contribution in [2.24, 2.45) is 5.10 Å². The highest BCUT2D eigenvalue weighted by Crippen LogP contribution is 2.29. The van der Waals surface area contributed by atoms with Gasteiger partial charge in [-0.15, -0.1) is 0 Å². The smallest absolute Gasteiger partial charge is 0.337 e. The molecule has 3 aromatic rings. The number of ether oxygens (including phenoxy) is 1. The lowest BCUT2D eigenvalue weighted by molar-refractivity contribution is -0.385. The molecule has 3 aromatic carbocycles. The van der Waals surface area contributed by atoms with Gasteiger partial charge in [-0.25, -0.2) is 13.2 Å². The van der Waals surface area contributed by atoms with Crippen LogP contribution in [-0.2, 0) is 10.0 Å². The Morgan fingerprint density at radius 2 is 1.85 bits per heavy atom. The van der Waals surface area contributed by atoms with Crippen molar-refractivity contribution in [1.29, 1.82) is 0 Å². The van der Waals surface area contributed by atoms with Crippen LogP contribution in [0.5, 0.6) is 11.5 Å². The number of non-ortho nitro benzene ring substituents is 1. The summed E-state index contributed by atoms with van der Waals surface area (Å²) in [4.78, 5) is 21.3. The molecule has 12 nitrogen and oxygen atoms in total. The summed E-state index contributed by atoms with van der Waals surface area (Å²) in [6.45, 7) is 0. The highest BCUT2D eigenvalue weighted by atomic mass is 32.2.